The molecule has 2 saturated carbocycles. The van der Waals surface area contributed by atoms with E-state index in [9.17, 15) is 18.0 Å². The summed E-state index contributed by atoms with van der Waals surface area (Å²) in [6.45, 7) is 0.811. The molecule has 1 aromatic rings. The topological polar surface area (TPSA) is 78.4 Å². The van der Waals surface area contributed by atoms with Crippen molar-refractivity contribution in [2.45, 2.75) is 43.9 Å². The summed E-state index contributed by atoms with van der Waals surface area (Å²) >= 11 is 0.695. The van der Waals surface area contributed by atoms with Gasteiger partial charge in [-0.15, -0.1) is 0 Å². The monoisotopic (exact) mass is 350 g/mol. The van der Waals surface area contributed by atoms with Crippen molar-refractivity contribution in [1.29, 1.82) is 0 Å². The molecule has 0 saturated heterocycles. The van der Waals surface area contributed by atoms with E-state index >= 15 is 0 Å². The molecule has 0 aromatic carbocycles. The minimum Gasteiger partial charge on any atom is -0.480 e. The van der Waals surface area contributed by atoms with Gasteiger partial charge in [0, 0.05) is 30.2 Å². The Bertz CT molecular complexity index is 570. The number of hydrogen-bond donors (Lipinski definition) is 2. The van der Waals surface area contributed by atoms with Gasteiger partial charge in [0.15, 0.2) is 0 Å². The van der Waals surface area contributed by atoms with Crippen molar-refractivity contribution in [1.82, 2.24) is 14.3 Å². The van der Waals surface area contributed by atoms with Crippen LogP contribution in [0.15, 0.2) is 0 Å². The van der Waals surface area contributed by atoms with E-state index in [1.807, 2.05) is 4.90 Å². The first-order valence-corrected chi connectivity index (χ1v) is 8.22. The average molecular weight is 350 g/mol. The Morgan fingerprint density at radius 3 is 2.61 bits per heavy atom. The highest BCUT2D eigenvalue weighted by molar-refractivity contribution is 7.09. The minimum atomic E-state index is -4.53. The fraction of sp³-hybridized carbons (Fsp3) is 0.769. The Morgan fingerprint density at radius 2 is 2.09 bits per heavy atom. The largest absolute Gasteiger partial charge is 0.480 e. The van der Waals surface area contributed by atoms with Crippen molar-refractivity contribution in [3.8, 4) is 0 Å². The van der Waals surface area contributed by atoms with Gasteiger partial charge < -0.3 is 10.4 Å². The molecule has 3 rings (SSSR count). The molecule has 0 amide bonds. The van der Waals surface area contributed by atoms with E-state index in [0.717, 1.165) is 19.4 Å². The summed E-state index contributed by atoms with van der Waals surface area (Å²) in [4.78, 5) is 16.4. The first kappa shape index (κ1) is 16.4. The van der Waals surface area contributed by atoms with Crippen LogP contribution in [0, 0.1) is 5.92 Å². The van der Waals surface area contributed by atoms with Crippen LogP contribution in [0.3, 0.4) is 0 Å². The average Bonchev–Trinajstić information content (AvgIpc) is 3.06. The van der Waals surface area contributed by atoms with E-state index in [4.69, 9.17) is 5.11 Å². The van der Waals surface area contributed by atoms with Crippen LogP contribution in [-0.4, -0.2) is 50.5 Å². The van der Waals surface area contributed by atoms with Gasteiger partial charge in [-0.1, -0.05) is 0 Å². The van der Waals surface area contributed by atoms with Crippen molar-refractivity contribution in [2.75, 3.05) is 18.4 Å². The molecule has 1 heterocycles. The summed E-state index contributed by atoms with van der Waals surface area (Å²) in [5, 5.41) is 12.1. The molecule has 23 heavy (non-hydrogen) atoms. The molecule has 0 spiro atoms. The molecular formula is C13H17F3N4O2S. The van der Waals surface area contributed by atoms with Crippen LogP contribution in [0.1, 0.15) is 31.5 Å². The van der Waals surface area contributed by atoms with E-state index in [1.54, 1.807) is 0 Å². The Hall–Kier alpha value is -1.42. The van der Waals surface area contributed by atoms with Crippen LogP contribution in [0.5, 0.6) is 0 Å². The van der Waals surface area contributed by atoms with Crippen LogP contribution in [0.2, 0.25) is 0 Å². The van der Waals surface area contributed by atoms with Crippen molar-refractivity contribution in [2.24, 2.45) is 5.92 Å². The van der Waals surface area contributed by atoms with E-state index in [-0.39, 0.29) is 23.8 Å². The van der Waals surface area contributed by atoms with Gasteiger partial charge in [-0.25, -0.2) is 0 Å². The lowest BCUT2D eigenvalue weighted by Gasteiger charge is -2.42. The summed E-state index contributed by atoms with van der Waals surface area (Å²) in [5.74, 6) is -1.37. The Balaban J connectivity index is 1.49. The number of carboxylic acid groups (broad SMARTS) is 1. The molecule has 0 atom stereocenters. The lowest BCUT2D eigenvalue weighted by Crippen LogP contribution is -2.52. The van der Waals surface area contributed by atoms with Gasteiger partial charge in [0.2, 0.25) is 11.0 Å². The number of nitrogens with one attached hydrogen (secondary N) is 1. The molecular weight excluding hydrogens is 333 g/mol. The highest BCUT2D eigenvalue weighted by Crippen LogP contribution is 2.35. The zero-order chi connectivity index (χ0) is 16.6. The molecule has 2 aliphatic rings. The van der Waals surface area contributed by atoms with E-state index in [2.05, 4.69) is 14.7 Å². The molecule has 2 fully saturated rings. The molecule has 2 N–H and O–H groups in total. The summed E-state index contributed by atoms with van der Waals surface area (Å²) in [6.07, 6.45) is -0.811. The van der Waals surface area contributed by atoms with Crippen molar-refractivity contribution < 1.29 is 23.1 Å². The molecule has 0 aliphatic heterocycles. The Morgan fingerprint density at radius 1 is 1.39 bits per heavy atom. The van der Waals surface area contributed by atoms with E-state index in [1.165, 1.54) is 0 Å². The van der Waals surface area contributed by atoms with Gasteiger partial charge in [-0.3, -0.25) is 9.69 Å². The number of rotatable bonds is 7. The molecule has 0 bridgehead atoms. The standard InChI is InChI=1S/C13H17F3N4O2S/c14-13(15,16)11-18-12(23-19-11)17-8-3-9(4-8)20(6-10(21)22)5-7-1-2-7/h7-9H,1-6H2,(H,21,22)(H,17,18,19). The number of hydrogen-bond acceptors (Lipinski definition) is 6. The number of halogens is 3. The molecule has 10 heteroatoms. The zero-order valence-corrected chi connectivity index (χ0v) is 13.0. The third kappa shape index (κ3) is 4.31. The smallest absolute Gasteiger partial charge is 0.452 e. The van der Waals surface area contributed by atoms with Crippen LogP contribution >= 0.6 is 11.5 Å². The predicted octanol–water partition coefficient (Wildman–Crippen LogP) is 2.30. The first-order chi connectivity index (χ1) is 10.8. The van der Waals surface area contributed by atoms with Gasteiger partial charge >= 0.3 is 12.1 Å². The zero-order valence-electron chi connectivity index (χ0n) is 12.2. The van der Waals surface area contributed by atoms with Gasteiger partial charge in [0.25, 0.3) is 0 Å². The van der Waals surface area contributed by atoms with Crippen molar-refractivity contribution in [3.63, 3.8) is 0 Å². The Kier molecular flexibility index (Phi) is 4.45. The van der Waals surface area contributed by atoms with Crippen LogP contribution < -0.4 is 5.32 Å². The SMILES string of the molecule is O=C(O)CN(CC1CC1)C1CC(Nc2nc(C(F)(F)F)ns2)C1. The van der Waals surface area contributed by atoms with Gasteiger partial charge in [0.05, 0.1) is 6.54 Å². The van der Waals surface area contributed by atoms with Crippen molar-refractivity contribution in [3.05, 3.63) is 5.82 Å². The van der Waals surface area contributed by atoms with Crippen molar-refractivity contribution >= 4 is 22.6 Å². The lowest BCUT2D eigenvalue weighted by molar-refractivity contribution is -0.144. The molecule has 0 radical (unpaired) electrons. The summed E-state index contributed by atoms with van der Waals surface area (Å²) in [6, 6.07) is 0.184. The highest BCUT2D eigenvalue weighted by atomic mass is 32.1. The van der Waals surface area contributed by atoms with Crippen LogP contribution in [-0.2, 0) is 11.0 Å². The van der Waals surface area contributed by atoms with E-state index < -0.39 is 18.0 Å². The maximum atomic E-state index is 12.4. The highest BCUT2D eigenvalue weighted by Gasteiger charge is 2.39. The number of alkyl halides is 3. The maximum Gasteiger partial charge on any atom is 0.452 e. The number of carbonyl (C=O) groups is 1. The molecule has 6 nitrogen and oxygen atoms in total. The Labute approximate surface area is 134 Å². The minimum absolute atomic E-state index is 0.0181. The molecule has 128 valence electrons. The molecule has 2 aliphatic carbocycles. The molecule has 0 unspecified atom stereocenters. The number of aliphatic carboxylic acids is 1. The van der Waals surface area contributed by atoms with Gasteiger partial charge in [-0.2, -0.15) is 22.5 Å². The maximum absolute atomic E-state index is 12.4. The van der Waals surface area contributed by atoms with Gasteiger partial charge in [-0.05, 0) is 31.6 Å². The first-order valence-electron chi connectivity index (χ1n) is 7.44. The lowest BCUT2D eigenvalue weighted by atomic mass is 9.85. The number of nitrogens with zero attached hydrogens (tertiary/aromatic N) is 3. The summed E-state index contributed by atoms with van der Waals surface area (Å²) in [7, 11) is 0. The second kappa shape index (κ2) is 6.23. The quantitative estimate of drug-likeness (QED) is 0.786. The van der Waals surface area contributed by atoms with Crippen LogP contribution in [0.25, 0.3) is 0 Å². The fourth-order valence-electron chi connectivity index (χ4n) is 2.72. The summed E-state index contributed by atoms with van der Waals surface area (Å²) < 4.78 is 40.6. The second-order valence-electron chi connectivity index (χ2n) is 6.15. The van der Waals surface area contributed by atoms with Crippen LogP contribution in [0.4, 0.5) is 18.3 Å². The number of anilines is 1. The van der Waals surface area contributed by atoms with E-state index in [0.29, 0.717) is 30.3 Å². The summed E-state index contributed by atoms with van der Waals surface area (Å²) in [5.41, 5.74) is 0. The third-order valence-corrected chi connectivity index (χ3v) is 4.81. The second-order valence-corrected chi connectivity index (χ2v) is 6.91. The fourth-order valence-corrected chi connectivity index (χ4v) is 3.39. The number of carboxylic acids is 1. The predicted molar refractivity (Wildman–Crippen MR) is 77.3 cm³/mol. The number of aromatic nitrogens is 2. The van der Waals surface area contributed by atoms with Gasteiger partial charge in [0.1, 0.15) is 0 Å². The molecule has 1 aromatic heterocycles. The third-order valence-electron chi connectivity index (χ3n) is 4.16. The normalized spacial score (nSPS) is 24.5.